The van der Waals surface area contributed by atoms with Gasteiger partial charge in [-0.2, -0.15) is 0 Å². The quantitative estimate of drug-likeness (QED) is 0.695. The first-order chi connectivity index (χ1) is 8.20. The summed E-state index contributed by atoms with van der Waals surface area (Å²) in [6, 6.07) is -0.387. The average Bonchev–Trinajstić information content (AvgIpc) is 3.08. The molecule has 1 aliphatic carbocycles. The second-order valence-corrected chi connectivity index (χ2v) is 4.74. The van der Waals surface area contributed by atoms with Crippen LogP contribution in [0.25, 0.3) is 0 Å². The number of hydrogen-bond donors (Lipinski definition) is 1. The summed E-state index contributed by atoms with van der Waals surface area (Å²) < 4.78 is 4.87. The number of esters is 1. The van der Waals surface area contributed by atoms with Gasteiger partial charge in [0.1, 0.15) is 0 Å². The van der Waals surface area contributed by atoms with E-state index in [0.29, 0.717) is 12.5 Å². The third kappa shape index (κ3) is 3.43. The number of ether oxygens (including phenoxy) is 1. The molecule has 1 heterocycles. The Balaban J connectivity index is 1.84. The fourth-order valence-corrected chi connectivity index (χ4v) is 2.13. The summed E-state index contributed by atoms with van der Waals surface area (Å²) in [5.74, 6) is 0.447. The van der Waals surface area contributed by atoms with E-state index in [-0.39, 0.29) is 24.3 Å². The maximum absolute atomic E-state index is 12.1. The van der Waals surface area contributed by atoms with E-state index in [4.69, 9.17) is 4.74 Å². The molecule has 1 atom stereocenters. The molecule has 1 amide bonds. The van der Waals surface area contributed by atoms with Crippen LogP contribution in [0.5, 0.6) is 0 Å². The Kier molecular flexibility index (Phi) is 3.99. The predicted octanol–water partition coefficient (Wildman–Crippen LogP) is 0.150. The summed E-state index contributed by atoms with van der Waals surface area (Å²) in [6.07, 6.45) is 2.62. The Hall–Kier alpha value is -1.10. The zero-order valence-corrected chi connectivity index (χ0v) is 10.3. The molecule has 5 nitrogen and oxygen atoms in total. The lowest BCUT2D eigenvalue weighted by atomic mass is 10.1. The molecule has 2 fully saturated rings. The third-order valence-corrected chi connectivity index (χ3v) is 3.23. The Morgan fingerprint density at radius 3 is 2.94 bits per heavy atom. The number of nitrogens with one attached hydrogen (secondary N) is 1. The van der Waals surface area contributed by atoms with Crippen LogP contribution < -0.4 is 5.32 Å². The lowest BCUT2D eigenvalue weighted by molar-refractivity contribution is -0.148. The molecule has 1 saturated carbocycles. The molecule has 0 aromatic rings. The standard InChI is InChI=1S/C12H20N2O3/c1-2-17-11(15)7-10-12(16)14(6-5-13-10)8-9-3-4-9/h9-10,13H,2-8H2,1H3. The highest BCUT2D eigenvalue weighted by atomic mass is 16.5. The van der Waals surface area contributed by atoms with Crippen molar-refractivity contribution < 1.29 is 14.3 Å². The maximum Gasteiger partial charge on any atom is 0.307 e. The van der Waals surface area contributed by atoms with Gasteiger partial charge in [0.15, 0.2) is 0 Å². The molecule has 1 saturated heterocycles. The second kappa shape index (κ2) is 5.49. The van der Waals surface area contributed by atoms with Crippen LogP contribution in [0.15, 0.2) is 0 Å². The highest BCUT2D eigenvalue weighted by molar-refractivity contribution is 5.87. The van der Waals surface area contributed by atoms with Gasteiger partial charge in [0.25, 0.3) is 0 Å². The first-order valence-corrected chi connectivity index (χ1v) is 6.38. The van der Waals surface area contributed by atoms with Crippen LogP contribution in [-0.4, -0.2) is 49.1 Å². The van der Waals surface area contributed by atoms with Crippen molar-refractivity contribution in [2.24, 2.45) is 5.92 Å². The van der Waals surface area contributed by atoms with Crippen LogP contribution >= 0.6 is 0 Å². The van der Waals surface area contributed by atoms with Gasteiger partial charge >= 0.3 is 5.97 Å². The Morgan fingerprint density at radius 2 is 2.29 bits per heavy atom. The minimum Gasteiger partial charge on any atom is -0.466 e. The Labute approximate surface area is 101 Å². The van der Waals surface area contributed by atoms with E-state index < -0.39 is 0 Å². The van der Waals surface area contributed by atoms with Crippen LogP contribution in [0.2, 0.25) is 0 Å². The number of hydrogen-bond acceptors (Lipinski definition) is 4. The van der Waals surface area contributed by atoms with Crippen molar-refractivity contribution >= 4 is 11.9 Å². The normalized spacial score (nSPS) is 24.9. The van der Waals surface area contributed by atoms with Gasteiger partial charge in [-0.3, -0.25) is 9.59 Å². The zero-order chi connectivity index (χ0) is 12.3. The SMILES string of the molecule is CCOC(=O)CC1NCCN(CC2CC2)C1=O. The van der Waals surface area contributed by atoms with Crippen molar-refractivity contribution in [3.05, 3.63) is 0 Å². The van der Waals surface area contributed by atoms with Crippen molar-refractivity contribution in [1.29, 1.82) is 0 Å². The predicted molar refractivity (Wildman–Crippen MR) is 62.3 cm³/mol. The number of piperazine rings is 1. The lowest BCUT2D eigenvalue weighted by Crippen LogP contribution is -2.56. The topological polar surface area (TPSA) is 58.6 Å². The van der Waals surface area contributed by atoms with Gasteiger partial charge in [0.05, 0.1) is 19.1 Å². The molecular formula is C12H20N2O3. The van der Waals surface area contributed by atoms with Crippen LogP contribution in [0.4, 0.5) is 0 Å². The van der Waals surface area contributed by atoms with E-state index >= 15 is 0 Å². The van der Waals surface area contributed by atoms with Crippen LogP contribution in [0, 0.1) is 5.92 Å². The van der Waals surface area contributed by atoms with Gasteiger partial charge < -0.3 is 15.0 Å². The van der Waals surface area contributed by atoms with Gasteiger partial charge in [-0.15, -0.1) is 0 Å². The molecule has 1 N–H and O–H groups in total. The summed E-state index contributed by atoms with van der Waals surface area (Å²) in [6.45, 7) is 4.52. The molecule has 1 aliphatic heterocycles. The summed E-state index contributed by atoms with van der Waals surface area (Å²) in [7, 11) is 0. The van der Waals surface area contributed by atoms with Gasteiger partial charge in [0, 0.05) is 19.6 Å². The lowest BCUT2D eigenvalue weighted by Gasteiger charge is -2.32. The Bertz CT molecular complexity index is 302. The van der Waals surface area contributed by atoms with Gasteiger partial charge in [-0.1, -0.05) is 0 Å². The molecule has 17 heavy (non-hydrogen) atoms. The minimum absolute atomic E-state index is 0.0520. The monoisotopic (exact) mass is 240 g/mol. The summed E-state index contributed by atoms with van der Waals surface area (Å²) in [5.41, 5.74) is 0. The molecule has 96 valence electrons. The van der Waals surface area contributed by atoms with E-state index in [1.807, 2.05) is 4.90 Å². The average molecular weight is 240 g/mol. The van der Waals surface area contributed by atoms with Crippen LogP contribution in [0.3, 0.4) is 0 Å². The largest absolute Gasteiger partial charge is 0.466 e. The van der Waals surface area contributed by atoms with E-state index in [0.717, 1.165) is 19.6 Å². The highest BCUT2D eigenvalue weighted by Crippen LogP contribution is 2.30. The molecule has 0 aromatic heterocycles. The molecule has 2 rings (SSSR count). The van der Waals surface area contributed by atoms with E-state index in [1.165, 1.54) is 12.8 Å². The molecule has 5 heteroatoms. The van der Waals surface area contributed by atoms with Gasteiger partial charge in [-0.25, -0.2) is 0 Å². The van der Waals surface area contributed by atoms with Crippen molar-refractivity contribution in [2.45, 2.75) is 32.2 Å². The molecule has 0 radical (unpaired) electrons. The first kappa shape index (κ1) is 12.4. The van der Waals surface area contributed by atoms with Crippen molar-refractivity contribution in [3.63, 3.8) is 0 Å². The first-order valence-electron chi connectivity index (χ1n) is 6.38. The van der Waals surface area contributed by atoms with Gasteiger partial charge in [-0.05, 0) is 25.7 Å². The van der Waals surface area contributed by atoms with Crippen LogP contribution in [-0.2, 0) is 14.3 Å². The number of nitrogens with zero attached hydrogens (tertiary/aromatic N) is 1. The summed E-state index contributed by atoms with van der Waals surface area (Å²) >= 11 is 0. The molecule has 0 aromatic carbocycles. The molecule has 0 bridgehead atoms. The fraction of sp³-hybridized carbons (Fsp3) is 0.833. The summed E-state index contributed by atoms with van der Waals surface area (Å²) in [5, 5.41) is 3.09. The van der Waals surface area contributed by atoms with E-state index in [1.54, 1.807) is 6.92 Å². The van der Waals surface area contributed by atoms with Crippen molar-refractivity contribution in [3.8, 4) is 0 Å². The number of amides is 1. The van der Waals surface area contributed by atoms with Crippen molar-refractivity contribution in [1.82, 2.24) is 10.2 Å². The van der Waals surface area contributed by atoms with Gasteiger partial charge in [0.2, 0.25) is 5.91 Å². The van der Waals surface area contributed by atoms with Crippen molar-refractivity contribution in [2.75, 3.05) is 26.2 Å². The minimum atomic E-state index is -0.387. The van der Waals surface area contributed by atoms with E-state index in [2.05, 4.69) is 5.32 Å². The zero-order valence-electron chi connectivity index (χ0n) is 10.3. The second-order valence-electron chi connectivity index (χ2n) is 4.74. The maximum atomic E-state index is 12.1. The molecular weight excluding hydrogens is 220 g/mol. The van der Waals surface area contributed by atoms with Crippen LogP contribution in [0.1, 0.15) is 26.2 Å². The molecule has 1 unspecified atom stereocenters. The molecule has 2 aliphatic rings. The molecule has 0 spiro atoms. The fourth-order valence-electron chi connectivity index (χ4n) is 2.13. The smallest absolute Gasteiger partial charge is 0.307 e. The number of carbonyl (C=O) groups is 2. The highest BCUT2D eigenvalue weighted by Gasteiger charge is 2.33. The number of rotatable bonds is 5. The van der Waals surface area contributed by atoms with E-state index in [9.17, 15) is 9.59 Å². The Morgan fingerprint density at radius 1 is 1.53 bits per heavy atom. The number of carbonyl (C=O) groups excluding carboxylic acids is 2. The third-order valence-electron chi connectivity index (χ3n) is 3.23. The summed E-state index contributed by atoms with van der Waals surface area (Å²) in [4.78, 5) is 25.3.